The summed E-state index contributed by atoms with van der Waals surface area (Å²) < 4.78 is 10.7. The Labute approximate surface area is 159 Å². The number of aromatic nitrogens is 2. The second-order valence-corrected chi connectivity index (χ2v) is 4.87. The first-order valence-electron chi connectivity index (χ1n) is 7.77. The van der Waals surface area contributed by atoms with Crippen molar-refractivity contribution in [1.82, 2.24) is 20.8 Å². The summed E-state index contributed by atoms with van der Waals surface area (Å²) in [6.45, 7) is 6.37. The van der Waals surface area contributed by atoms with Gasteiger partial charge >= 0.3 is 0 Å². The van der Waals surface area contributed by atoms with Crippen molar-refractivity contribution in [3.8, 4) is 5.75 Å². The third-order valence-electron chi connectivity index (χ3n) is 2.91. The Balaban J connectivity index is 0.00000288. The quantitative estimate of drug-likeness (QED) is 0.281. The van der Waals surface area contributed by atoms with Gasteiger partial charge < -0.3 is 19.9 Å². The Morgan fingerprint density at radius 1 is 1.25 bits per heavy atom. The molecular formula is C16H24IN5O2. The highest BCUT2D eigenvalue weighted by atomic mass is 127. The number of aryl methyl sites for hydroxylation is 1. The fraction of sp³-hybridized carbons (Fsp3) is 0.438. The maximum atomic E-state index is 5.65. The molecule has 0 radical (unpaired) electrons. The lowest BCUT2D eigenvalue weighted by atomic mass is 10.3. The van der Waals surface area contributed by atoms with E-state index in [-0.39, 0.29) is 24.0 Å². The molecule has 0 bridgehead atoms. The van der Waals surface area contributed by atoms with Crippen LogP contribution in [0.4, 0.5) is 0 Å². The van der Waals surface area contributed by atoms with Crippen LogP contribution in [0.3, 0.4) is 0 Å². The van der Waals surface area contributed by atoms with E-state index in [1.165, 1.54) is 0 Å². The SMILES string of the molecule is CCNC(=NCc1nc(C)no1)NCCCOc1ccccc1.I. The van der Waals surface area contributed by atoms with E-state index in [4.69, 9.17) is 9.26 Å². The van der Waals surface area contributed by atoms with Gasteiger partial charge in [-0.2, -0.15) is 4.98 Å². The van der Waals surface area contributed by atoms with Gasteiger partial charge in [-0.25, -0.2) is 4.99 Å². The first-order chi connectivity index (χ1) is 11.3. The Kier molecular flexibility index (Phi) is 9.81. The first kappa shape index (κ1) is 20.2. The molecule has 1 aromatic heterocycles. The molecule has 2 rings (SSSR count). The monoisotopic (exact) mass is 445 g/mol. The summed E-state index contributed by atoms with van der Waals surface area (Å²) in [5, 5.41) is 10.2. The number of halogens is 1. The summed E-state index contributed by atoms with van der Waals surface area (Å²) in [6, 6.07) is 9.79. The van der Waals surface area contributed by atoms with Gasteiger partial charge in [0.25, 0.3) is 0 Å². The van der Waals surface area contributed by atoms with Crippen molar-refractivity contribution < 1.29 is 9.26 Å². The van der Waals surface area contributed by atoms with Crippen LogP contribution in [0.1, 0.15) is 25.1 Å². The van der Waals surface area contributed by atoms with Gasteiger partial charge in [0, 0.05) is 13.1 Å². The van der Waals surface area contributed by atoms with Gasteiger partial charge in [0.1, 0.15) is 12.3 Å². The van der Waals surface area contributed by atoms with Gasteiger partial charge in [-0.3, -0.25) is 0 Å². The molecule has 8 heteroatoms. The van der Waals surface area contributed by atoms with Crippen molar-refractivity contribution in [2.45, 2.75) is 26.8 Å². The zero-order chi connectivity index (χ0) is 16.3. The van der Waals surface area contributed by atoms with Crippen LogP contribution in [0.25, 0.3) is 0 Å². The molecule has 7 nitrogen and oxygen atoms in total. The molecule has 132 valence electrons. The third kappa shape index (κ3) is 7.62. The summed E-state index contributed by atoms with van der Waals surface area (Å²) in [4.78, 5) is 8.54. The van der Waals surface area contributed by atoms with Gasteiger partial charge in [-0.05, 0) is 32.4 Å². The lowest BCUT2D eigenvalue weighted by Crippen LogP contribution is -2.38. The van der Waals surface area contributed by atoms with E-state index < -0.39 is 0 Å². The molecular weight excluding hydrogens is 421 g/mol. The molecule has 0 atom stereocenters. The molecule has 0 unspecified atom stereocenters. The van der Waals surface area contributed by atoms with E-state index in [1.54, 1.807) is 6.92 Å². The molecule has 0 saturated heterocycles. The second kappa shape index (κ2) is 11.7. The molecule has 1 heterocycles. The van der Waals surface area contributed by atoms with Crippen LogP contribution in [0.5, 0.6) is 5.75 Å². The number of guanidine groups is 1. The number of hydrogen-bond acceptors (Lipinski definition) is 5. The van der Waals surface area contributed by atoms with E-state index in [0.717, 1.165) is 31.2 Å². The molecule has 0 aliphatic carbocycles. The maximum Gasteiger partial charge on any atom is 0.248 e. The normalized spacial score (nSPS) is 10.8. The number of para-hydroxylation sites is 1. The van der Waals surface area contributed by atoms with Crippen molar-refractivity contribution in [2.75, 3.05) is 19.7 Å². The summed E-state index contributed by atoms with van der Waals surface area (Å²) in [7, 11) is 0. The highest BCUT2D eigenvalue weighted by Gasteiger charge is 2.02. The van der Waals surface area contributed by atoms with E-state index in [1.807, 2.05) is 37.3 Å². The molecule has 0 aliphatic rings. The lowest BCUT2D eigenvalue weighted by Gasteiger charge is -2.11. The Bertz CT molecular complexity index is 604. The van der Waals surface area contributed by atoms with Gasteiger partial charge in [-0.15, -0.1) is 24.0 Å². The molecule has 1 aromatic carbocycles. The highest BCUT2D eigenvalue weighted by molar-refractivity contribution is 14.0. The molecule has 0 fully saturated rings. The van der Waals surface area contributed by atoms with E-state index >= 15 is 0 Å². The maximum absolute atomic E-state index is 5.65. The van der Waals surface area contributed by atoms with Crippen LogP contribution in [0.2, 0.25) is 0 Å². The molecule has 0 aliphatic heterocycles. The standard InChI is InChI=1S/C16H23N5O2.HI/c1-3-17-16(19-12-15-20-13(2)21-23-15)18-10-7-11-22-14-8-5-4-6-9-14;/h4-6,8-9H,3,7,10-12H2,1-2H3,(H2,17,18,19);1H. The van der Waals surface area contributed by atoms with Gasteiger partial charge in [0.15, 0.2) is 11.8 Å². The Morgan fingerprint density at radius 3 is 2.71 bits per heavy atom. The average Bonchev–Trinajstić information content (AvgIpc) is 2.98. The fourth-order valence-corrected chi connectivity index (χ4v) is 1.88. The number of ether oxygens (including phenoxy) is 1. The van der Waals surface area contributed by atoms with Crippen molar-refractivity contribution in [1.29, 1.82) is 0 Å². The van der Waals surface area contributed by atoms with Crippen LogP contribution >= 0.6 is 24.0 Å². The molecule has 2 N–H and O–H groups in total. The summed E-state index contributed by atoms with van der Waals surface area (Å²) in [5.74, 6) is 2.74. The zero-order valence-electron chi connectivity index (χ0n) is 14.0. The number of nitrogens with zero attached hydrogens (tertiary/aromatic N) is 3. The number of rotatable bonds is 8. The fourth-order valence-electron chi connectivity index (χ4n) is 1.88. The average molecular weight is 445 g/mol. The predicted molar refractivity (Wildman–Crippen MR) is 104 cm³/mol. The lowest BCUT2D eigenvalue weighted by molar-refractivity contribution is 0.311. The summed E-state index contributed by atoms with van der Waals surface area (Å²) in [5.41, 5.74) is 0. The van der Waals surface area contributed by atoms with Crippen LogP contribution in [0.15, 0.2) is 39.8 Å². The summed E-state index contributed by atoms with van der Waals surface area (Å²) in [6.07, 6.45) is 0.874. The zero-order valence-corrected chi connectivity index (χ0v) is 16.3. The van der Waals surface area contributed by atoms with Gasteiger partial charge in [-0.1, -0.05) is 23.4 Å². The minimum atomic E-state index is 0. The smallest absolute Gasteiger partial charge is 0.248 e. The first-order valence-corrected chi connectivity index (χ1v) is 7.77. The third-order valence-corrected chi connectivity index (χ3v) is 2.91. The van der Waals surface area contributed by atoms with Crippen molar-refractivity contribution in [3.63, 3.8) is 0 Å². The molecule has 24 heavy (non-hydrogen) atoms. The molecule has 0 amide bonds. The van der Waals surface area contributed by atoms with Crippen LogP contribution in [0, 0.1) is 6.92 Å². The van der Waals surface area contributed by atoms with Gasteiger partial charge in [0.2, 0.25) is 5.89 Å². The van der Waals surface area contributed by atoms with E-state index in [2.05, 4.69) is 25.8 Å². The number of nitrogens with one attached hydrogen (secondary N) is 2. The largest absolute Gasteiger partial charge is 0.494 e. The Hall–Kier alpha value is -1.84. The highest BCUT2D eigenvalue weighted by Crippen LogP contribution is 2.08. The summed E-state index contributed by atoms with van der Waals surface area (Å²) >= 11 is 0. The molecule has 0 spiro atoms. The minimum absolute atomic E-state index is 0. The predicted octanol–water partition coefficient (Wildman–Crippen LogP) is 2.52. The van der Waals surface area contributed by atoms with Crippen molar-refractivity contribution in [2.24, 2.45) is 4.99 Å². The number of aliphatic imine (C=N–C) groups is 1. The molecule has 2 aromatic rings. The molecule has 0 saturated carbocycles. The van der Waals surface area contributed by atoms with Crippen LogP contribution in [-0.2, 0) is 6.54 Å². The number of benzene rings is 1. The number of hydrogen-bond donors (Lipinski definition) is 2. The van der Waals surface area contributed by atoms with Crippen molar-refractivity contribution >= 4 is 29.9 Å². The topological polar surface area (TPSA) is 84.6 Å². The van der Waals surface area contributed by atoms with Crippen LogP contribution < -0.4 is 15.4 Å². The second-order valence-electron chi connectivity index (χ2n) is 4.87. The van der Waals surface area contributed by atoms with Gasteiger partial charge in [0.05, 0.1) is 6.61 Å². The van der Waals surface area contributed by atoms with Crippen LogP contribution in [-0.4, -0.2) is 35.8 Å². The van der Waals surface area contributed by atoms with Crippen molar-refractivity contribution in [3.05, 3.63) is 42.0 Å². The van der Waals surface area contributed by atoms with E-state index in [0.29, 0.717) is 24.9 Å². The minimum Gasteiger partial charge on any atom is -0.494 e. The van der Waals surface area contributed by atoms with E-state index in [9.17, 15) is 0 Å². The Morgan fingerprint density at radius 2 is 2.04 bits per heavy atom.